The molecule has 0 radical (unpaired) electrons. The van der Waals surface area contributed by atoms with Gasteiger partial charge in [-0.1, -0.05) is 26.0 Å². The average Bonchev–Trinajstić information content (AvgIpc) is 3.40. The molecule has 0 amide bonds. The van der Waals surface area contributed by atoms with Gasteiger partial charge < -0.3 is 14.5 Å². The minimum absolute atomic E-state index is 0.193. The van der Waals surface area contributed by atoms with Crippen LogP contribution in [0.4, 0.5) is 4.39 Å². The maximum absolute atomic E-state index is 13.7. The van der Waals surface area contributed by atoms with Gasteiger partial charge >= 0.3 is 0 Å². The number of aromatic amines is 1. The van der Waals surface area contributed by atoms with Crippen molar-refractivity contribution < 1.29 is 13.9 Å². The minimum atomic E-state index is -0.295. The number of pyridine rings is 1. The van der Waals surface area contributed by atoms with Crippen molar-refractivity contribution in [3.05, 3.63) is 75.6 Å². The molecule has 10 heteroatoms. The number of nitrogens with zero attached hydrogens (tertiary/aromatic N) is 5. The van der Waals surface area contributed by atoms with Crippen molar-refractivity contribution in [1.29, 1.82) is 0 Å². The lowest BCUT2D eigenvalue weighted by Gasteiger charge is -2.33. The van der Waals surface area contributed by atoms with Crippen LogP contribution in [-0.4, -0.2) is 44.3 Å². The number of tetrazole rings is 1. The van der Waals surface area contributed by atoms with Crippen LogP contribution in [-0.2, 0) is 18.6 Å². The van der Waals surface area contributed by atoms with E-state index in [1.54, 1.807) is 32.4 Å². The summed E-state index contributed by atoms with van der Waals surface area (Å²) in [6.07, 6.45) is 1.55. The normalized spacial score (nSPS) is 12.7. The van der Waals surface area contributed by atoms with E-state index < -0.39 is 0 Å². The number of hydrogen-bond acceptors (Lipinski definition) is 7. The molecule has 2 aromatic heterocycles. The molecule has 0 spiro atoms. The fourth-order valence-corrected chi connectivity index (χ4v) is 4.60. The highest BCUT2D eigenvalue weighted by Crippen LogP contribution is 2.33. The monoisotopic (exact) mass is 522 g/mol. The van der Waals surface area contributed by atoms with Crippen molar-refractivity contribution in [3.63, 3.8) is 0 Å². The Bertz CT molecular complexity index is 1450. The summed E-state index contributed by atoms with van der Waals surface area (Å²) in [6.45, 7) is 9.17. The van der Waals surface area contributed by atoms with Crippen molar-refractivity contribution in [2.45, 2.75) is 65.2 Å². The van der Waals surface area contributed by atoms with Crippen molar-refractivity contribution in [1.82, 2.24) is 30.1 Å². The fourth-order valence-electron chi connectivity index (χ4n) is 4.60. The number of H-pyrrole nitrogens is 1. The summed E-state index contributed by atoms with van der Waals surface area (Å²) >= 11 is 0. The molecule has 1 N–H and O–H groups in total. The molecule has 2 aromatic carbocycles. The highest BCUT2D eigenvalue weighted by Gasteiger charge is 2.31. The molecule has 0 aliphatic carbocycles. The van der Waals surface area contributed by atoms with E-state index >= 15 is 0 Å². The molecule has 4 aromatic rings. The third kappa shape index (κ3) is 5.55. The number of halogens is 1. The van der Waals surface area contributed by atoms with Gasteiger partial charge in [0.1, 0.15) is 5.82 Å². The molecule has 1 atom stereocenters. The number of ether oxygens (including phenoxy) is 2. The molecular weight excluding hydrogens is 487 g/mol. The van der Waals surface area contributed by atoms with E-state index in [9.17, 15) is 9.18 Å². The molecule has 0 saturated carbocycles. The first kappa shape index (κ1) is 27.3. The summed E-state index contributed by atoms with van der Waals surface area (Å²) in [5.74, 6) is 1.55. The fraction of sp³-hybridized carbons (Fsp3) is 0.429. The quantitative estimate of drug-likeness (QED) is 0.297. The van der Waals surface area contributed by atoms with Crippen LogP contribution in [0.5, 0.6) is 11.5 Å². The summed E-state index contributed by atoms with van der Waals surface area (Å²) in [7, 11) is 3.14. The second-order valence-electron chi connectivity index (χ2n) is 9.99. The highest BCUT2D eigenvalue weighted by molar-refractivity contribution is 5.83. The van der Waals surface area contributed by atoms with Crippen LogP contribution in [0, 0.1) is 5.82 Å². The van der Waals surface area contributed by atoms with Gasteiger partial charge in [-0.05, 0) is 66.9 Å². The Kier molecular flexibility index (Phi) is 8.11. The molecule has 1 unspecified atom stereocenters. The lowest BCUT2D eigenvalue weighted by molar-refractivity contribution is 0.150. The molecule has 202 valence electrons. The molecule has 0 bridgehead atoms. The number of aromatic nitrogens is 5. The Balaban J connectivity index is 1.79. The van der Waals surface area contributed by atoms with E-state index in [1.165, 1.54) is 12.1 Å². The van der Waals surface area contributed by atoms with Crippen LogP contribution in [0.1, 0.15) is 63.5 Å². The minimum Gasteiger partial charge on any atom is -0.493 e. The largest absolute Gasteiger partial charge is 0.493 e. The molecule has 0 aliphatic heterocycles. The van der Waals surface area contributed by atoms with E-state index in [1.807, 2.05) is 16.8 Å². The Hall–Kier alpha value is -3.79. The number of rotatable bonds is 11. The van der Waals surface area contributed by atoms with Crippen molar-refractivity contribution in [3.8, 4) is 11.5 Å². The van der Waals surface area contributed by atoms with Crippen molar-refractivity contribution in [2.24, 2.45) is 0 Å². The van der Waals surface area contributed by atoms with E-state index in [0.29, 0.717) is 42.1 Å². The molecule has 2 heterocycles. The van der Waals surface area contributed by atoms with Gasteiger partial charge in [-0.25, -0.2) is 9.07 Å². The summed E-state index contributed by atoms with van der Waals surface area (Å²) in [5, 5.41) is 13.6. The Morgan fingerprint density at radius 2 is 1.74 bits per heavy atom. The van der Waals surface area contributed by atoms with Gasteiger partial charge in [0, 0.05) is 30.1 Å². The molecule has 9 nitrogen and oxygen atoms in total. The highest BCUT2D eigenvalue weighted by atomic mass is 19.1. The Morgan fingerprint density at radius 1 is 1.05 bits per heavy atom. The third-order valence-electron chi connectivity index (χ3n) is 7.16. The second kappa shape index (κ2) is 11.3. The van der Waals surface area contributed by atoms with Crippen LogP contribution in [0.25, 0.3) is 10.9 Å². The van der Waals surface area contributed by atoms with E-state index in [0.717, 1.165) is 23.2 Å². The topological polar surface area (TPSA) is 98.2 Å². The predicted molar refractivity (Wildman–Crippen MR) is 144 cm³/mol. The van der Waals surface area contributed by atoms with Crippen LogP contribution in [0.3, 0.4) is 0 Å². The summed E-state index contributed by atoms with van der Waals surface area (Å²) in [4.78, 5) is 18.4. The van der Waals surface area contributed by atoms with Crippen molar-refractivity contribution >= 4 is 10.9 Å². The molecule has 4 rings (SSSR count). The Labute approximate surface area is 221 Å². The first-order chi connectivity index (χ1) is 18.2. The predicted octanol–water partition coefficient (Wildman–Crippen LogP) is 4.97. The van der Waals surface area contributed by atoms with Gasteiger partial charge in [-0.2, -0.15) is 0 Å². The summed E-state index contributed by atoms with van der Waals surface area (Å²) in [5.41, 5.74) is 1.67. The van der Waals surface area contributed by atoms with E-state index in [2.05, 4.69) is 53.1 Å². The Morgan fingerprint density at radius 3 is 2.37 bits per heavy atom. The standard InChI is InChI=1S/C28H35FN6O3/c1-7-23(26-31-32-33-35(26)28(3,4)8-2)34(16-18-9-11-21(29)12-10-18)17-20-13-19-14-24(37-5)25(38-6)15-22(19)30-27(20)36/h9-15,23H,7-8,16-17H2,1-6H3,(H,30,36). The van der Waals surface area contributed by atoms with Gasteiger partial charge in [-0.3, -0.25) is 9.69 Å². The zero-order valence-electron chi connectivity index (χ0n) is 22.8. The lowest BCUT2D eigenvalue weighted by Crippen LogP contribution is -2.36. The number of hydrogen-bond donors (Lipinski definition) is 1. The van der Waals surface area contributed by atoms with E-state index in [-0.39, 0.29) is 23.0 Å². The second-order valence-corrected chi connectivity index (χ2v) is 9.99. The SMILES string of the molecule is CCC(c1nnnn1C(C)(C)CC)N(Cc1ccc(F)cc1)Cc1cc2cc(OC)c(OC)cc2[nH]c1=O. The molecule has 0 saturated heterocycles. The van der Waals surface area contributed by atoms with Crippen LogP contribution in [0.2, 0.25) is 0 Å². The first-order valence-corrected chi connectivity index (χ1v) is 12.8. The van der Waals surface area contributed by atoms with Gasteiger partial charge in [0.05, 0.1) is 31.3 Å². The van der Waals surface area contributed by atoms with Crippen LogP contribution < -0.4 is 15.0 Å². The average molecular weight is 523 g/mol. The third-order valence-corrected chi connectivity index (χ3v) is 7.16. The molecule has 0 fully saturated rings. The van der Waals surface area contributed by atoms with Crippen molar-refractivity contribution in [2.75, 3.05) is 14.2 Å². The zero-order chi connectivity index (χ0) is 27.4. The number of methoxy groups -OCH3 is 2. The number of nitrogens with one attached hydrogen (secondary N) is 1. The molecule has 38 heavy (non-hydrogen) atoms. The van der Waals surface area contributed by atoms with Gasteiger partial charge in [0.25, 0.3) is 5.56 Å². The van der Waals surface area contributed by atoms with E-state index in [4.69, 9.17) is 9.47 Å². The molecular formula is C28H35FN6O3. The molecule has 0 aliphatic rings. The summed E-state index contributed by atoms with van der Waals surface area (Å²) < 4.78 is 26.4. The van der Waals surface area contributed by atoms with Gasteiger partial charge in [0.2, 0.25) is 0 Å². The van der Waals surface area contributed by atoms with Gasteiger partial charge in [-0.15, -0.1) is 5.10 Å². The number of fused-ring (bicyclic) bond motifs is 1. The first-order valence-electron chi connectivity index (χ1n) is 12.8. The van der Waals surface area contributed by atoms with Crippen LogP contribution >= 0.6 is 0 Å². The maximum Gasteiger partial charge on any atom is 0.252 e. The van der Waals surface area contributed by atoms with Crippen LogP contribution in [0.15, 0.2) is 47.3 Å². The zero-order valence-corrected chi connectivity index (χ0v) is 22.8. The maximum atomic E-state index is 13.7. The summed E-state index contributed by atoms with van der Waals surface area (Å²) in [6, 6.07) is 11.7. The van der Waals surface area contributed by atoms with Gasteiger partial charge in [0.15, 0.2) is 17.3 Å². The number of benzene rings is 2. The smallest absolute Gasteiger partial charge is 0.252 e. The lowest BCUT2D eigenvalue weighted by atomic mass is 10.0.